The minimum absolute atomic E-state index is 0.0381. The van der Waals surface area contributed by atoms with Crippen LogP contribution in [0.5, 0.6) is 5.75 Å². The molecule has 0 aliphatic carbocycles. The first-order valence-corrected chi connectivity index (χ1v) is 8.17. The highest BCUT2D eigenvalue weighted by Crippen LogP contribution is 2.42. The average Bonchev–Trinajstić information content (AvgIpc) is 2.39. The number of nitrogens with two attached hydrogens (primary N) is 1. The molecule has 104 valence electrons. The van der Waals surface area contributed by atoms with E-state index in [1.54, 1.807) is 0 Å². The Morgan fingerprint density at radius 1 is 1.10 bits per heavy atom. The van der Waals surface area contributed by atoms with E-state index in [1.165, 1.54) is 0 Å². The molecular formula is C15H12Br2ClNO. The summed E-state index contributed by atoms with van der Waals surface area (Å²) in [5.41, 5.74) is 8.39. The lowest BCUT2D eigenvalue weighted by Gasteiger charge is -2.31. The second-order valence-electron chi connectivity index (χ2n) is 4.80. The number of fused-ring (bicyclic) bond motifs is 1. The number of benzene rings is 2. The first kappa shape index (κ1) is 14.4. The molecule has 0 radical (unpaired) electrons. The summed E-state index contributed by atoms with van der Waals surface area (Å²) in [6, 6.07) is 11.6. The molecule has 0 saturated carbocycles. The second-order valence-corrected chi connectivity index (χ2v) is 7.00. The molecule has 3 rings (SSSR count). The van der Waals surface area contributed by atoms with Crippen LogP contribution in [0, 0.1) is 0 Å². The summed E-state index contributed by atoms with van der Waals surface area (Å²) < 4.78 is 8.05. The fourth-order valence-electron chi connectivity index (χ4n) is 2.43. The van der Waals surface area contributed by atoms with Crippen molar-refractivity contribution in [3.63, 3.8) is 0 Å². The van der Waals surface area contributed by atoms with E-state index in [0.29, 0.717) is 5.02 Å². The van der Waals surface area contributed by atoms with Gasteiger partial charge in [-0.15, -0.1) is 0 Å². The summed E-state index contributed by atoms with van der Waals surface area (Å²) in [7, 11) is 0. The van der Waals surface area contributed by atoms with Gasteiger partial charge in [0.05, 0.1) is 0 Å². The lowest BCUT2D eigenvalue weighted by Crippen LogP contribution is -2.24. The molecule has 0 aromatic heterocycles. The minimum atomic E-state index is -0.0645. The molecule has 1 aliphatic rings. The van der Waals surface area contributed by atoms with Crippen LogP contribution in [-0.4, -0.2) is 0 Å². The lowest BCUT2D eigenvalue weighted by molar-refractivity contribution is 0.161. The van der Waals surface area contributed by atoms with Gasteiger partial charge >= 0.3 is 0 Å². The molecule has 2 nitrogen and oxygen atoms in total. The first-order valence-electron chi connectivity index (χ1n) is 6.21. The van der Waals surface area contributed by atoms with Gasteiger partial charge in [0, 0.05) is 37.6 Å². The van der Waals surface area contributed by atoms with E-state index in [4.69, 9.17) is 22.1 Å². The van der Waals surface area contributed by atoms with Crippen LogP contribution in [0.2, 0.25) is 5.02 Å². The third-order valence-electron chi connectivity index (χ3n) is 3.42. The van der Waals surface area contributed by atoms with Crippen LogP contribution in [0.3, 0.4) is 0 Å². The second kappa shape index (κ2) is 5.68. The van der Waals surface area contributed by atoms with Gasteiger partial charge in [-0.1, -0.05) is 49.5 Å². The van der Waals surface area contributed by atoms with Gasteiger partial charge in [-0.2, -0.15) is 0 Å². The molecule has 0 amide bonds. The van der Waals surface area contributed by atoms with Crippen molar-refractivity contribution in [1.29, 1.82) is 0 Å². The van der Waals surface area contributed by atoms with Crippen LogP contribution >= 0.6 is 43.5 Å². The number of ether oxygens (including phenoxy) is 1. The Labute approximate surface area is 139 Å². The Bertz CT molecular complexity index is 662. The maximum atomic E-state index is 6.28. The predicted molar refractivity (Wildman–Crippen MR) is 88.2 cm³/mol. The van der Waals surface area contributed by atoms with Crippen molar-refractivity contribution in [2.24, 2.45) is 5.73 Å². The van der Waals surface area contributed by atoms with Gasteiger partial charge in [-0.25, -0.2) is 0 Å². The maximum absolute atomic E-state index is 6.28. The van der Waals surface area contributed by atoms with Gasteiger partial charge in [0.2, 0.25) is 0 Å². The zero-order valence-corrected chi connectivity index (χ0v) is 14.4. The molecule has 5 heteroatoms. The Morgan fingerprint density at radius 2 is 1.90 bits per heavy atom. The quantitative estimate of drug-likeness (QED) is 0.675. The van der Waals surface area contributed by atoms with Crippen molar-refractivity contribution < 1.29 is 4.74 Å². The van der Waals surface area contributed by atoms with Gasteiger partial charge in [-0.05, 0) is 30.3 Å². The molecule has 0 bridgehead atoms. The van der Waals surface area contributed by atoms with Crippen LogP contribution in [0.4, 0.5) is 0 Å². The maximum Gasteiger partial charge on any atom is 0.127 e. The van der Waals surface area contributed by atoms with Gasteiger partial charge < -0.3 is 10.5 Å². The van der Waals surface area contributed by atoms with Gasteiger partial charge in [0.1, 0.15) is 11.9 Å². The summed E-state index contributed by atoms with van der Waals surface area (Å²) in [6.07, 6.45) is 0.675. The fraction of sp³-hybridized carbons (Fsp3) is 0.200. The summed E-state index contributed by atoms with van der Waals surface area (Å²) in [5.74, 6) is 0.846. The largest absolute Gasteiger partial charge is 0.485 e. The van der Waals surface area contributed by atoms with Gasteiger partial charge in [0.25, 0.3) is 0 Å². The van der Waals surface area contributed by atoms with Crippen LogP contribution in [0.25, 0.3) is 0 Å². The van der Waals surface area contributed by atoms with E-state index in [-0.39, 0.29) is 12.1 Å². The van der Waals surface area contributed by atoms with Crippen molar-refractivity contribution in [3.05, 3.63) is 61.5 Å². The van der Waals surface area contributed by atoms with Crippen molar-refractivity contribution in [2.45, 2.75) is 18.6 Å². The van der Waals surface area contributed by atoms with Crippen molar-refractivity contribution in [1.82, 2.24) is 0 Å². The molecule has 0 spiro atoms. The zero-order valence-electron chi connectivity index (χ0n) is 10.4. The normalized spacial score (nSPS) is 21.2. The molecule has 1 unspecified atom stereocenters. The summed E-state index contributed by atoms with van der Waals surface area (Å²) >= 11 is 13.0. The topological polar surface area (TPSA) is 35.2 Å². The molecule has 1 heterocycles. The van der Waals surface area contributed by atoms with Crippen molar-refractivity contribution in [2.75, 3.05) is 0 Å². The molecule has 1 aliphatic heterocycles. The summed E-state index contributed by atoms with van der Waals surface area (Å²) in [5, 5.41) is 0.699. The number of rotatable bonds is 1. The highest BCUT2D eigenvalue weighted by molar-refractivity contribution is 9.10. The van der Waals surface area contributed by atoms with Gasteiger partial charge in [0.15, 0.2) is 0 Å². The molecule has 2 aromatic carbocycles. The van der Waals surface area contributed by atoms with E-state index in [9.17, 15) is 0 Å². The SMILES string of the molecule is N[C@@H]1CC(c2ccc(Cl)cc2Br)Oc2ccc(Br)cc21. The molecule has 0 fully saturated rings. The van der Waals surface area contributed by atoms with E-state index >= 15 is 0 Å². The molecule has 2 aromatic rings. The molecule has 2 N–H and O–H groups in total. The first-order chi connectivity index (χ1) is 9.54. The number of halogens is 3. The van der Waals surface area contributed by atoms with Crippen LogP contribution in [0.15, 0.2) is 45.3 Å². The highest BCUT2D eigenvalue weighted by Gasteiger charge is 2.28. The monoisotopic (exact) mass is 415 g/mol. The van der Waals surface area contributed by atoms with Crippen LogP contribution < -0.4 is 10.5 Å². The molecule has 2 atom stereocenters. The number of hydrogen-bond donors (Lipinski definition) is 1. The van der Waals surface area contributed by atoms with E-state index < -0.39 is 0 Å². The average molecular weight is 418 g/mol. The Kier molecular flexibility index (Phi) is 4.09. The molecule has 20 heavy (non-hydrogen) atoms. The van der Waals surface area contributed by atoms with E-state index in [2.05, 4.69) is 31.9 Å². The van der Waals surface area contributed by atoms with Crippen molar-refractivity contribution in [3.8, 4) is 5.75 Å². The number of hydrogen-bond acceptors (Lipinski definition) is 2. The third kappa shape index (κ3) is 2.75. The standard InChI is InChI=1S/C15H12Br2ClNO/c16-8-1-4-14-11(5-8)13(19)7-15(20-14)10-3-2-9(18)6-12(10)17/h1-6,13,15H,7,19H2/t13-,15?/m1/s1. The zero-order chi connectivity index (χ0) is 14.3. The molecule has 0 saturated heterocycles. The smallest absolute Gasteiger partial charge is 0.127 e. The fourth-order valence-corrected chi connectivity index (χ4v) is 3.75. The van der Waals surface area contributed by atoms with Crippen molar-refractivity contribution >= 4 is 43.5 Å². The Morgan fingerprint density at radius 3 is 2.65 bits per heavy atom. The van der Waals surface area contributed by atoms with E-state index in [0.717, 1.165) is 32.2 Å². The minimum Gasteiger partial charge on any atom is -0.485 e. The Balaban J connectivity index is 1.97. The van der Waals surface area contributed by atoms with Crippen LogP contribution in [0.1, 0.15) is 29.7 Å². The van der Waals surface area contributed by atoms with Crippen LogP contribution in [-0.2, 0) is 0 Å². The van der Waals surface area contributed by atoms with E-state index in [1.807, 2.05) is 36.4 Å². The third-order valence-corrected chi connectivity index (χ3v) is 4.83. The molecular weight excluding hydrogens is 405 g/mol. The Hall–Kier alpha value is -0.550. The lowest BCUT2D eigenvalue weighted by atomic mass is 9.94. The van der Waals surface area contributed by atoms with Gasteiger partial charge in [-0.3, -0.25) is 0 Å². The predicted octanol–water partition coefficient (Wildman–Crippen LogP) is 5.39. The summed E-state index contributed by atoms with van der Waals surface area (Å²) in [4.78, 5) is 0. The highest BCUT2D eigenvalue weighted by atomic mass is 79.9. The summed E-state index contributed by atoms with van der Waals surface area (Å²) in [6.45, 7) is 0.